The molecule has 7 N–H and O–H groups in total. The maximum atomic E-state index is 9.58. The van der Waals surface area contributed by atoms with Gasteiger partial charge in [-0.1, -0.05) is 0 Å². The van der Waals surface area contributed by atoms with Gasteiger partial charge in [0.25, 0.3) is 0 Å². The molecule has 0 aromatic rings. The van der Waals surface area contributed by atoms with Crippen molar-refractivity contribution in [3.8, 4) is 0 Å². The van der Waals surface area contributed by atoms with Crippen molar-refractivity contribution >= 4 is 62.0 Å². The molecule has 0 heterocycles. The third-order valence-corrected chi connectivity index (χ3v) is 1.72. The molecular formula is CH9CaN2O8PS. The summed E-state index contributed by atoms with van der Waals surface area (Å²) < 4.78 is 39.0. The topological polar surface area (TPSA) is 190 Å². The second-order valence-electron chi connectivity index (χ2n) is 1.40. The van der Waals surface area contributed by atoms with Crippen molar-refractivity contribution < 1.29 is 36.1 Å². The Bertz CT molecular complexity index is 301. The third-order valence-electron chi connectivity index (χ3n) is 0.191. The maximum absolute atomic E-state index is 9.58. The summed E-state index contributed by atoms with van der Waals surface area (Å²) in [4.78, 5) is 24.4. The van der Waals surface area contributed by atoms with E-state index in [0.717, 1.165) is 0 Å². The van der Waals surface area contributed by atoms with Crippen LogP contribution in [-0.4, -0.2) is 66.5 Å². The van der Waals surface area contributed by atoms with Crippen molar-refractivity contribution in [3.63, 3.8) is 0 Å². The first kappa shape index (κ1) is 20.0. The molecule has 0 saturated carbocycles. The molecule has 0 aliphatic rings. The van der Waals surface area contributed by atoms with E-state index < -0.39 is 24.3 Å². The molecule has 14 heavy (non-hydrogen) atoms. The summed E-state index contributed by atoms with van der Waals surface area (Å²) >= 11 is 0. The Morgan fingerprint density at radius 2 is 1.50 bits per heavy atom. The van der Waals surface area contributed by atoms with Gasteiger partial charge in [0.1, 0.15) is 0 Å². The normalized spacial score (nSPS) is 10.5. The molecule has 0 bridgehead atoms. The standard InChI is InChI=1S/CH4N2O.Ca.H3O7PS.2H/c2-1(3)4;;1-8(2,3)7-9(4,5)6;;/h(H4,2,3,4);;(H2,1,2,3)(H,4,5,6);;. The third kappa shape index (κ3) is 39.0. The van der Waals surface area contributed by atoms with Crippen LogP contribution in [0.3, 0.4) is 0 Å². The molecule has 0 saturated heterocycles. The number of rotatable bonds is 2. The Labute approximate surface area is 109 Å². The fourth-order valence-electron chi connectivity index (χ4n) is 0.123. The van der Waals surface area contributed by atoms with E-state index in [4.69, 9.17) is 19.1 Å². The van der Waals surface area contributed by atoms with Crippen LogP contribution in [0.15, 0.2) is 0 Å². The van der Waals surface area contributed by atoms with Crippen LogP contribution in [0.25, 0.3) is 0 Å². The Morgan fingerprint density at radius 1 is 1.29 bits per heavy atom. The van der Waals surface area contributed by atoms with Crippen molar-refractivity contribution in [2.75, 3.05) is 0 Å². The number of primary amides is 2. The van der Waals surface area contributed by atoms with E-state index in [9.17, 15) is 13.0 Å². The van der Waals surface area contributed by atoms with Gasteiger partial charge in [-0.05, 0) is 0 Å². The summed E-state index contributed by atoms with van der Waals surface area (Å²) in [5, 5.41) is 0. The van der Waals surface area contributed by atoms with Gasteiger partial charge in [-0.3, -0.25) is 4.55 Å². The van der Waals surface area contributed by atoms with Gasteiger partial charge in [-0.15, -0.1) is 3.97 Å². The van der Waals surface area contributed by atoms with Gasteiger partial charge in [0.05, 0.1) is 0 Å². The first-order valence-electron chi connectivity index (χ1n) is 2.23. The van der Waals surface area contributed by atoms with Crippen molar-refractivity contribution in [1.29, 1.82) is 0 Å². The summed E-state index contributed by atoms with van der Waals surface area (Å²) in [6.07, 6.45) is 0. The Balaban J connectivity index is -0.000000209. The number of carbonyl (C=O) groups excluding carboxylic acids is 1. The average Bonchev–Trinajstić information content (AvgIpc) is 1.47. The van der Waals surface area contributed by atoms with Crippen molar-refractivity contribution in [2.45, 2.75) is 0 Å². The van der Waals surface area contributed by atoms with Crippen molar-refractivity contribution in [3.05, 3.63) is 0 Å². The molecule has 13 heteroatoms. The Kier molecular flexibility index (Phi) is 11.1. The van der Waals surface area contributed by atoms with Gasteiger partial charge < -0.3 is 21.3 Å². The SMILES string of the molecule is NC(N)=O.O=P(O)(O)OS(=O)(=O)O.[CaH2]. The van der Waals surface area contributed by atoms with Gasteiger partial charge >= 0.3 is 62.0 Å². The van der Waals surface area contributed by atoms with Crippen molar-refractivity contribution in [1.82, 2.24) is 0 Å². The Morgan fingerprint density at radius 3 is 1.50 bits per heavy atom. The van der Waals surface area contributed by atoms with Crippen LogP contribution >= 0.6 is 7.82 Å². The number of hydrogen-bond acceptors (Lipinski definition) is 5. The first-order valence-corrected chi connectivity index (χ1v) is 5.12. The fraction of sp³-hybridized carbons (Fsp3) is 0. The number of amides is 2. The second-order valence-corrected chi connectivity index (χ2v) is 3.83. The molecule has 84 valence electrons. The van der Waals surface area contributed by atoms with E-state index in [2.05, 4.69) is 15.4 Å². The molecule has 0 rings (SSSR count). The molecule has 0 aliphatic heterocycles. The van der Waals surface area contributed by atoms with E-state index in [0.29, 0.717) is 0 Å². The molecule has 0 aliphatic carbocycles. The van der Waals surface area contributed by atoms with Gasteiger partial charge in [0.15, 0.2) is 0 Å². The Hall–Kier alpha value is 0.550. The van der Waals surface area contributed by atoms with E-state index in [1.807, 2.05) is 0 Å². The fourth-order valence-corrected chi connectivity index (χ4v) is 1.10. The summed E-state index contributed by atoms with van der Waals surface area (Å²) in [5.74, 6) is 0. The van der Waals surface area contributed by atoms with Gasteiger partial charge in [0, 0.05) is 0 Å². The molecule has 0 unspecified atom stereocenters. The van der Waals surface area contributed by atoms with E-state index in [1.165, 1.54) is 0 Å². The number of phosphoric acid groups is 1. The minimum absolute atomic E-state index is 0. The zero-order chi connectivity index (χ0) is 11.3. The average molecular weight is 280 g/mol. The molecule has 0 fully saturated rings. The molecule has 10 nitrogen and oxygen atoms in total. The summed E-state index contributed by atoms with van der Waals surface area (Å²) in [5.41, 5.74) is 8.50. The quantitative estimate of drug-likeness (QED) is 0.201. The summed E-state index contributed by atoms with van der Waals surface area (Å²) in [6.45, 7) is 0. The molecule has 0 radical (unpaired) electrons. The van der Waals surface area contributed by atoms with Crippen LogP contribution in [0.4, 0.5) is 4.79 Å². The monoisotopic (exact) mass is 280 g/mol. The zero-order valence-electron chi connectivity index (χ0n) is 5.89. The van der Waals surface area contributed by atoms with Crippen LogP contribution in [-0.2, 0) is 18.9 Å². The van der Waals surface area contributed by atoms with E-state index >= 15 is 0 Å². The second kappa shape index (κ2) is 7.79. The molecule has 0 atom stereocenters. The number of urea groups is 1. The van der Waals surface area contributed by atoms with Crippen LogP contribution in [0.5, 0.6) is 0 Å². The summed E-state index contributed by atoms with van der Waals surface area (Å²) in [7, 11) is -10.2. The predicted octanol–water partition coefficient (Wildman–Crippen LogP) is -2.99. The van der Waals surface area contributed by atoms with Gasteiger partial charge in [-0.2, -0.15) is 8.42 Å². The molecule has 2 amide bonds. The van der Waals surface area contributed by atoms with Crippen LogP contribution in [0.1, 0.15) is 0 Å². The van der Waals surface area contributed by atoms with Gasteiger partial charge in [-0.25, -0.2) is 9.36 Å². The summed E-state index contributed by atoms with van der Waals surface area (Å²) in [6, 6.07) is -0.833. The predicted molar refractivity (Wildman–Crippen MR) is 47.0 cm³/mol. The number of hydrogen-bond donors (Lipinski definition) is 5. The van der Waals surface area contributed by atoms with Crippen LogP contribution in [0, 0.1) is 0 Å². The van der Waals surface area contributed by atoms with E-state index in [1.54, 1.807) is 0 Å². The zero-order valence-corrected chi connectivity index (χ0v) is 7.60. The molecule has 0 aromatic carbocycles. The minimum atomic E-state index is -5.13. The van der Waals surface area contributed by atoms with Crippen molar-refractivity contribution in [2.24, 2.45) is 11.5 Å². The molecule has 0 aromatic heterocycles. The van der Waals surface area contributed by atoms with Crippen LogP contribution < -0.4 is 11.5 Å². The number of nitrogens with two attached hydrogens (primary N) is 2. The van der Waals surface area contributed by atoms with Gasteiger partial charge in [0.2, 0.25) is 0 Å². The molecular weight excluding hydrogens is 271 g/mol. The van der Waals surface area contributed by atoms with E-state index in [-0.39, 0.29) is 37.7 Å². The van der Waals surface area contributed by atoms with Crippen LogP contribution in [0.2, 0.25) is 0 Å². The number of carbonyl (C=O) groups is 1. The molecule has 0 spiro atoms. The first-order chi connectivity index (χ1) is 5.44.